The van der Waals surface area contributed by atoms with Crippen molar-refractivity contribution in [2.75, 3.05) is 38.0 Å². The number of amides is 2. The fraction of sp³-hybridized carbons (Fsp3) is 0.296. The van der Waals surface area contributed by atoms with Crippen molar-refractivity contribution in [2.45, 2.75) is 18.8 Å². The second-order valence-corrected chi connectivity index (χ2v) is 9.27. The summed E-state index contributed by atoms with van der Waals surface area (Å²) in [6.07, 6.45) is -2.80. The SMILES string of the molecule is C=CC(=O)N1CCN([C@H]2CCNc3c2nn(-c2ccc(Oc4ccccc4OC(F)(F)F)cc2)c3C(N)=O)CC1. The van der Waals surface area contributed by atoms with Crippen LogP contribution in [0.15, 0.2) is 61.2 Å². The average Bonchev–Trinajstić information content (AvgIpc) is 3.34. The summed E-state index contributed by atoms with van der Waals surface area (Å²) in [5.41, 5.74) is 7.72. The normalized spacial score (nSPS) is 17.5. The Morgan fingerprint density at radius 2 is 1.73 bits per heavy atom. The van der Waals surface area contributed by atoms with Crippen LogP contribution in [-0.2, 0) is 4.79 Å². The minimum Gasteiger partial charge on any atom is -0.453 e. The molecule has 2 amide bonds. The Hall–Kier alpha value is -4.52. The molecule has 0 spiro atoms. The molecule has 1 aromatic heterocycles. The van der Waals surface area contributed by atoms with Crippen LogP contribution in [0.1, 0.15) is 28.6 Å². The van der Waals surface area contributed by atoms with E-state index in [1.807, 2.05) is 0 Å². The van der Waals surface area contributed by atoms with Gasteiger partial charge in [0, 0.05) is 32.7 Å². The average molecular weight is 557 g/mol. The predicted octanol–water partition coefficient (Wildman–Crippen LogP) is 3.85. The van der Waals surface area contributed by atoms with Gasteiger partial charge in [0.05, 0.1) is 17.4 Å². The molecule has 10 nitrogen and oxygen atoms in total. The van der Waals surface area contributed by atoms with Crippen LogP contribution in [0.4, 0.5) is 18.9 Å². The molecule has 3 heterocycles. The number of nitrogens with two attached hydrogens (primary N) is 1. The molecule has 210 valence electrons. The van der Waals surface area contributed by atoms with Crippen LogP contribution in [0.5, 0.6) is 17.2 Å². The smallest absolute Gasteiger partial charge is 0.453 e. The molecule has 2 aliphatic heterocycles. The van der Waals surface area contributed by atoms with Gasteiger partial charge in [-0.1, -0.05) is 18.7 Å². The number of ether oxygens (including phenoxy) is 2. The lowest BCUT2D eigenvalue weighted by atomic mass is 10.0. The minimum absolute atomic E-state index is 0.0793. The van der Waals surface area contributed by atoms with Crippen LogP contribution in [0, 0.1) is 0 Å². The zero-order chi connectivity index (χ0) is 28.4. The van der Waals surface area contributed by atoms with Gasteiger partial charge in [-0.25, -0.2) is 4.68 Å². The van der Waals surface area contributed by atoms with Gasteiger partial charge in [-0.05, 0) is 48.9 Å². The van der Waals surface area contributed by atoms with Crippen LogP contribution in [0.3, 0.4) is 0 Å². The molecule has 1 saturated heterocycles. The van der Waals surface area contributed by atoms with E-state index in [4.69, 9.17) is 15.6 Å². The summed E-state index contributed by atoms with van der Waals surface area (Å²) >= 11 is 0. The summed E-state index contributed by atoms with van der Waals surface area (Å²) in [6.45, 7) is 6.58. The number of carbonyl (C=O) groups is 2. The lowest BCUT2D eigenvalue weighted by molar-refractivity contribution is -0.275. The maximum absolute atomic E-state index is 12.8. The van der Waals surface area contributed by atoms with Crippen LogP contribution in [-0.4, -0.2) is 70.5 Å². The first-order valence-electron chi connectivity index (χ1n) is 12.6. The fourth-order valence-corrected chi connectivity index (χ4v) is 4.99. The molecular weight excluding hydrogens is 529 g/mol. The summed E-state index contributed by atoms with van der Waals surface area (Å²) in [6, 6.07) is 11.7. The molecule has 40 heavy (non-hydrogen) atoms. The fourth-order valence-electron chi connectivity index (χ4n) is 4.99. The van der Waals surface area contributed by atoms with Gasteiger partial charge in [0.1, 0.15) is 11.4 Å². The van der Waals surface area contributed by atoms with E-state index < -0.39 is 18.0 Å². The van der Waals surface area contributed by atoms with Crippen molar-refractivity contribution in [1.82, 2.24) is 19.6 Å². The largest absolute Gasteiger partial charge is 0.573 e. The van der Waals surface area contributed by atoms with Crippen LogP contribution >= 0.6 is 0 Å². The second-order valence-electron chi connectivity index (χ2n) is 9.27. The number of nitrogens with one attached hydrogen (secondary N) is 1. The molecule has 3 aromatic rings. The first kappa shape index (κ1) is 27.1. The van der Waals surface area contributed by atoms with E-state index in [0.29, 0.717) is 49.8 Å². The number of benzene rings is 2. The molecule has 1 atom stereocenters. The number of rotatable bonds is 7. The molecule has 0 bridgehead atoms. The predicted molar refractivity (Wildman–Crippen MR) is 139 cm³/mol. The molecule has 1 fully saturated rings. The van der Waals surface area contributed by atoms with Gasteiger partial charge in [-0.15, -0.1) is 13.2 Å². The molecular formula is C27H27F3N6O4. The highest BCUT2D eigenvalue weighted by Crippen LogP contribution is 2.38. The standard InChI is InChI=1S/C27H27F3N6O4/c1-2-22(37)35-15-13-34(14-16-35)19-11-12-32-24-23(19)33-36(25(24)26(31)38)17-7-9-18(10-8-17)39-20-5-3-4-6-21(20)40-27(28,29)30/h2-10,19,32H,1,11-16H2,(H2,31,38)/t19-/m0/s1. The highest BCUT2D eigenvalue weighted by Gasteiger charge is 2.36. The quantitative estimate of drug-likeness (QED) is 0.425. The topological polar surface area (TPSA) is 115 Å². The Morgan fingerprint density at radius 1 is 1.05 bits per heavy atom. The third-order valence-electron chi connectivity index (χ3n) is 6.81. The van der Waals surface area contributed by atoms with Crippen LogP contribution in [0.25, 0.3) is 5.69 Å². The van der Waals surface area contributed by atoms with Crippen molar-refractivity contribution in [3.8, 4) is 22.9 Å². The summed E-state index contributed by atoms with van der Waals surface area (Å²) in [4.78, 5) is 28.5. The van der Waals surface area contributed by atoms with E-state index in [2.05, 4.69) is 21.5 Å². The van der Waals surface area contributed by atoms with Gasteiger partial charge < -0.3 is 25.4 Å². The summed E-state index contributed by atoms with van der Waals surface area (Å²) in [5.74, 6) is -1.09. The Morgan fingerprint density at radius 3 is 2.35 bits per heavy atom. The van der Waals surface area contributed by atoms with E-state index in [1.54, 1.807) is 29.2 Å². The van der Waals surface area contributed by atoms with Crippen molar-refractivity contribution in [2.24, 2.45) is 5.73 Å². The first-order chi connectivity index (χ1) is 19.1. The van der Waals surface area contributed by atoms with Crippen molar-refractivity contribution < 1.29 is 32.2 Å². The summed E-state index contributed by atoms with van der Waals surface area (Å²) in [7, 11) is 0. The Balaban J connectivity index is 1.39. The van der Waals surface area contributed by atoms with Crippen LogP contribution < -0.4 is 20.5 Å². The van der Waals surface area contributed by atoms with Gasteiger partial charge in [-0.2, -0.15) is 5.10 Å². The number of anilines is 1. The van der Waals surface area contributed by atoms with Gasteiger partial charge in [0.15, 0.2) is 17.2 Å². The number of para-hydroxylation sites is 2. The number of hydrogen-bond donors (Lipinski definition) is 2. The zero-order valence-electron chi connectivity index (χ0n) is 21.4. The third-order valence-corrected chi connectivity index (χ3v) is 6.81. The van der Waals surface area contributed by atoms with Crippen LogP contribution in [0.2, 0.25) is 0 Å². The van der Waals surface area contributed by atoms with E-state index in [1.165, 1.54) is 29.0 Å². The summed E-state index contributed by atoms with van der Waals surface area (Å²) in [5, 5.41) is 8.02. The van der Waals surface area contributed by atoms with Crippen molar-refractivity contribution >= 4 is 17.5 Å². The highest BCUT2D eigenvalue weighted by atomic mass is 19.4. The molecule has 5 rings (SSSR count). The summed E-state index contributed by atoms with van der Waals surface area (Å²) < 4.78 is 49.4. The minimum atomic E-state index is -4.86. The number of alkyl halides is 3. The van der Waals surface area contributed by atoms with Gasteiger partial charge in [0.2, 0.25) is 5.91 Å². The third kappa shape index (κ3) is 5.59. The molecule has 0 unspecified atom stereocenters. The van der Waals surface area contributed by atoms with Gasteiger partial charge >= 0.3 is 6.36 Å². The molecule has 13 heteroatoms. The molecule has 2 aliphatic rings. The maximum Gasteiger partial charge on any atom is 0.573 e. The molecule has 0 radical (unpaired) electrons. The molecule has 0 aliphatic carbocycles. The number of piperazine rings is 1. The van der Waals surface area contributed by atoms with E-state index in [9.17, 15) is 22.8 Å². The van der Waals surface area contributed by atoms with E-state index >= 15 is 0 Å². The number of primary amides is 1. The maximum atomic E-state index is 12.8. The Labute approximate surface area is 227 Å². The lowest BCUT2D eigenvalue weighted by Gasteiger charge is -2.40. The first-order valence-corrected chi connectivity index (χ1v) is 12.6. The van der Waals surface area contributed by atoms with Crippen molar-refractivity contribution in [1.29, 1.82) is 0 Å². The Kier molecular flexibility index (Phi) is 7.39. The highest BCUT2D eigenvalue weighted by molar-refractivity contribution is 5.98. The van der Waals surface area contributed by atoms with Gasteiger partial charge in [0.25, 0.3) is 5.91 Å². The molecule has 0 saturated carbocycles. The van der Waals surface area contributed by atoms with E-state index in [0.717, 1.165) is 12.5 Å². The number of aromatic nitrogens is 2. The number of hydrogen-bond acceptors (Lipinski definition) is 7. The zero-order valence-corrected chi connectivity index (χ0v) is 21.4. The molecule has 2 aromatic carbocycles. The van der Waals surface area contributed by atoms with Crippen molar-refractivity contribution in [3.05, 3.63) is 72.6 Å². The monoisotopic (exact) mass is 556 g/mol. The number of halogens is 3. The number of carbonyl (C=O) groups excluding carboxylic acids is 2. The van der Waals surface area contributed by atoms with E-state index in [-0.39, 0.29) is 29.1 Å². The molecule has 3 N–H and O–H groups in total. The second kappa shape index (κ2) is 10.9. The Bertz CT molecular complexity index is 1410. The number of fused-ring (bicyclic) bond motifs is 1. The lowest BCUT2D eigenvalue weighted by Crippen LogP contribution is -2.50. The number of nitrogens with zero attached hydrogens (tertiary/aromatic N) is 4. The van der Waals surface area contributed by atoms with Crippen molar-refractivity contribution in [3.63, 3.8) is 0 Å². The van der Waals surface area contributed by atoms with Gasteiger partial charge in [-0.3, -0.25) is 14.5 Å².